The molecule has 0 radical (unpaired) electrons. The molecule has 0 saturated carbocycles. The molecule has 160 valence electrons. The Kier molecular flexibility index (Phi) is 5.78. The van der Waals surface area contributed by atoms with E-state index in [1.807, 2.05) is 0 Å². The molecular weight excluding hydrogens is 398 g/mol. The van der Waals surface area contributed by atoms with Crippen LogP contribution in [0.2, 0.25) is 0 Å². The minimum Gasteiger partial charge on any atom is -0.344 e. The summed E-state index contributed by atoms with van der Waals surface area (Å²) >= 11 is 0. The number of nitrogens with zero attached hydrogens (tertiary/aromatic N) is 1. The van der Waals surface area contributed by atoms with Gasteiger partial charge in [-0.25, -0.2) is 0 Å². The number of aryl methyl sites for hydroxylation is 1. The van der Waals surface area contributed by atoms with Gasteiger partial charge in [-0.05, 0) is 64.6 Å². The van der Waals surface area contributed by atoms with Crippen molar-refractivity contribution in [1.29, 1.82) is 0 Å². The molecule has 1 heteroatoms. The van der Waals surface area contributed by atoms with Gasteiger partial charge in [0.05, 0.1) is 0 Å². The lowest BCUT2D eigenvalue weighted by molar-refractivity contribution is 1.21. The highest BCUT2D eigenvalue weighted by Gasteiger charge is 2.14. The fraction of sp³-hybridized carbons (Fsp3) is 0.0625. The summed E-state index contributed by atoms with van der Waals surface area (Å²) < 4.78 is 0. The van der Waals surface area contributed by atoms with E-state index in [1.54, 1.807) is 0 Å². The highest BCUT2D eigenvalue weighted by Crippen LogP contribution is 2.39. The predicted molar refractivity (Wildman–Crippen MR) is 142 cm³/mol. The number of hydrogen-bond acceptors (Lipinski definition) is 1. The van der Waals surface area contributed by atoms with Gasteiger partial charge in [0, 0.05) is 24.0 Å². The number of hydrogen-bond donors (Lipinski definition) is 0. The van der Waals surface area contributed by atoms with Crippen LogP contribution in [0.4, 0.5) is 11.4 Å². The molecule has 0 unspecified atom stereocenters. The molecule has 0 aromatic heterocycles. The molecule has 1 nitrogen and oxygen atoms in total. The SMILES string of the molecule is Cc1ccccc1-c1cc(-c2ccccc2)ccc1N(C)c1ccc(-c2ccccc2)cc1. The molecule has 0 aliphatic rings. The molecule has 0 spiro atoms. The van der Waals surface area contributed by atoms with E-state index in [-0.39, 0.29) is 0 Å². The maximum atomic E-state index is 2.32. The largest absolute Gasteiger partial charge is 0.344 e. The van der Waals surface area contributed by atoms with Gasteiger partial charge in [0.15, 0.2) is 0 Å². The molecule has 5 aromatic rings. The van der Waals surface area contributed by atoms with Crippen LogP contribution >= 0.6 is 0 Å². The average Bonchev–Trinajstić information content (AvgIpc) is 2.89. The molecule has 0 atom stereocenters. The van der Waals surface area contributed by atoms with E-state index >= 15 is 0 Å². The van der Waals surface area contributed by atoms with E-state index < -0.39 is 0 Å². The van der Waals surface area contributed by atoms with Gasteiger partial charge in [-0.15, -0.1) is 0 Å². The summed E-state index contributed by atoms with van der Waals surface area (Å²) in [6.45, 7) is 2.18. The third-order valence-electron chi connectivity index (χ3n) is 6.26. The van der Waals surface area contributed by atoms with Gasteiger partial charge in [-0.2, -0.15) is 0 Å². The zero-order valence-electron chi connectivity index (χ0n) is 19.1. The zero-order valence-corrected chi connectivity index (χ0v) is 19.1. The van der Waals surface area contributed by atoms with Gasteiger partial charge >= 0.3 is 0 Å². The van der Waals surface area contributed by atoms with Crippen molar-refractivity contribution in [2.45, 2.75) is 6.92 Å². The lowest BCUT2D eigenvalue weighted by Gasteiger charge is -2.24. The van der Waals surface area contributed by atoms with Crippen LogP contribution in [0.1, 0.15) is 5.56 Å². The third-order valence-corrected chi connectivity index (χ3v) is 6.26. The topological polar surface area (TPSA) is 3.24 Å². The molecule has 0 aliphatic carbocycles. The molecular formula is C32H27N. The Bertz CT molecular complexity index is 1350. The van der Waals surface area contributed by atoms with Gasteiger partial charge in [0.1, 0.15) is 0 Å². The Labute approximate surface area is 196 Å². The normalized spacial score (nSPS) is 10.7. The molecule has 0 fully saturated rings. The van der Waals surface area contributed by atoms with E-state index in [1.165, 1.54) is 44.6 Å². The Morgan fingerprint density at radius 1 is 0.455 bits per heavy atom. The zero-order chi connectivity index (χ0) is 22.6. The Morgan fingerprint density at radius 2 is 0.970 bits per heavy atom. The minimum absolute atomic E-state index is 1.16. The Morgan fingerprint density at radius 3 is 1.61 bits per heavy atom. The van der Waals surface area contributed by atoms with Crippen LogP contribution in [0, 0.1) is 6.92 Å². The van der Waals surface area contributed by atoms with Crippen LogP contribution in [0.3, 0.4) is 0 Å². The quantitative estimate of drug-likeness (QED) is 0.272. The van der Waals surface area contributed by atoms with E-state index in [2.05, 4.69) is 146 Å². The first-order chi connectivity index (χ1) is 16.2. The molecule has 0 aliphatic heterocycles. The third kappa shape index (κ3) is 4.31. The van der Waals surface area contributed by atoms with Crippen molar-refractivity contribution in [3.8, 4) is 33.4 Å². The summed E-state index contributed by atoms with van der Waals surface area (Å²) in [6, 6.07) is 45.3. The highest BCUT2D eigenvalue weighted by molar-refractivity contribution is 5.87. The average molecular weight is 426 g/mol. The first-order valence-electron chi connectivity index (χ1n) is 11.4. The second-order valence-electron chi connectivity index (χ2n) is 8.38. The molecule has 33 heavy (non-hydrogen) atoms. The molecule has 0 heterocycles. The monoisotopic (exact) mass is 425 g/mol. The standard InChI is InChI=1S/C32H27N/c1-24-11-9-10-16-30(24)31-23-28(26-14-7-4-8-15-26)19-22-32(31)33(2)29-20-17-27(18-21-29)25-12-5-3-6-13-25/h3-23H,1-2H3. The van der Waals surface area contributed by atoms with Crippen LogP contribution < -0.4 is 4.90 Å². The van der Waals surface area contributed by atoms with Gasteiger partial charge in [-0.1, -0.05) is 103 Å². The van der Waals surface area contributed by atoms with Gasteiger partial charge < -0.3 is 4.90 Å². The number of rotatable bonds is 5. The van der Waals surface area contributed by atoms with Crippen molar-refractivity contribution < 1.29 is 0 Å². The summed E-state index contributed by atoms with van der Waals surface area (Å²) in [5.41, 5.74) is 11.1. The molecule has 5 aromatic carbocycles. The van der Waals surface area contributed by atoms with Gasteiger partial charge in [-0.3, -0.25) is 0 Å². The molecule has 0 N–H and O–H groups in total. The van der Waals surface area contributed by atoms with E-state index in [4.69, 9.17) is 0 Å². The van der Waals surface area contributed by atoms with Gasteiger partial charge in [0.25, 0.3) is 0 Å². The Balaban J connectivity index is 1.57. The summed E-state index contributed by atoms with van der Waals surface area (Å²) in [7, 11) is 2.15. The van der Waals surface area contributed by atoms with E-state index in [0.29, 0.717) is 0 Å². The second-order valence-corrected chi connectivity index (χ2v) is 8.38. The summed E-state index contributed by atoms with van der Waals surface area (Å²) in [5.74, 6) is 0. The summed E-state index contributed by atoms with van der Waals surface area (Å²) in [5, 5.41) is 0. The fourth-order valence-electron chi connectivity index (χ4n) is 4.38. The maximum Gasteiger partial charge on any atom is 0.0488 e. The van der Waals surface area contributed by atoms with Crippen molar-refractivity contribution in [3.05, 3.63) is 133 Å². The van der Waals surface area contributed by atoms with Crippen LogP contribution in [0.15, 0.2) is 127 Å². The van der Waals surface area contributed by atoms with Crippen molar-refractivity contribution in [2.24, 2.45) is 0 Å². The van der Waals surface area contributed by atoms with Crippen molar-refractivity contribution in [1.82, 2.24) is 0 Å². The molecule has 0 amide bonds. The molecule has 0 saturated heterocycles. The van der Waals surface area contributed by atoms with E-state index in [9.17, 15) is 0 Å². The number of anilines is 2. The first kappa shape index (κ1) is 20.8. The van der Waals surface area contributed by atoms with Crippen molar-refractivity contribution in [3.63, 3.8) is 0 Å². The Hall–Kier alpha value is -4.10. The van der Waals surface area contributed by atoms with Crippen LogP contribution in [-0.2, 0) is 0 Å². The summed E-state index contributed by atoms with van der Waals surface area (Å²) in [4.78, 5) is 2.28. The number of benzene rings is 5. The van der Waals surface area contributed by atoms with Crippen molar-refractivity contribution >= 4 is 11.4 Å². The van der Waals surface area contributed by atoms with Crippen LogP contribution in [0.5, 0.6) is 0 Å². The van der Waals surface area contributed by atoms with Crippen LogP contribution in [-0.4, -0.2) is 7.05 Å². The summed E-state index contributed by atoms with van der Waals surface area (Å²) in [6.07, 6.45) is 0. The minimum atomic E-state index is 1.16. The first-order valence-corrected chi connectivity index (χ1v) is 11.4. The molecule has 5 rings (SSSR count). The van der Waals surface area contributed by atoms with Gasteiger partial charge in [0.2, 0.25) is 0 Å². The maximum absolute atomic E-state index is 2.32. The van der Waals surface area contributed by atoms with E-state index in [0.717, 1.165) is 5.69 Å². The lowest BCUT2D eigenvalue weighted by Crippen LogP contribution is -2.11. The second kappa shape index (κ2) is 9.18. The smallest absolute Gasteiger partial charge is 0.0488 e. The van der Waals surface area contributed by atoms with Crippen LogP contribution in [0.25, 0.3) is 33.4 Å². The lowest BCUT2D eigenvalue weighted by atomic mass is 9.94. The predicted octanol–water partition coefficient (Wildman–Crippen LogP) is 8.76. The van der Waals surface area contributed by atoms with Crippen molar-refractivity contribution in [2.75, 3.05) is 11.9 Å². The molecule has 0 bridgehead atoms. The highest BCUT2D eigenvalue weighted by atomic mass is 15.1. The fourth-order valence-corrected chi connectivity index (χ4v) is 4.38.